The number of hydrogen-bond acceptors (Lipinski definition) is 2. The lowest BCUT2D eigenvalue weighted by molar-refractivity contribution is -0.227. The van der Waals surface area contributed by atoms with Crippen LogP contribution in [0.25, 0.3) is 0 Å². The predicted molar refractivity (Wildman–Crippen MR) is 43.0 cm³/mol. The van der Waals surface area contributed by atoms with Gasteiger partial charge in [-0.25, -0.2) is 4.39 Å². The van der Waals surface area contributed by atoms with Crippen molar-refractivity contribution in [3.8, 4) is 0 Å². The van der Waals surface area contributed by atoms with E-state index in [0.29, 0.717) is 19.3 Å². The van der Waals surface area contributed by atoms with E-state index >= 15 is 0 Å². The number of carbonyl (C=O) groups is 1. The molecule has 0 unspecified atom stereocenters. The van der Waals surface area contributed by atoms with Crippen molar-refractivity contribution in [3.05, 3.63) is 0 Å². The van der Waals surface area contributed by atoms with Gasteiger partial charge in [-0.3, -0.25) is 4.79 Å². The van der Waals surface area contributed by atoms with Crippen molar-refractivity contribution < 1.29 is 14.3 Å². The predicted octanol–water partition coefficient (Wildman–Crippen LogP) is 0.712. The van der Waals surface area contributed by atoms with E-state index in [1.54, 1.807) is 0 Å². The summed E-state index contributed by atoms with van der Waals surface area (Å²) >= 11 is 0. The van der Waals surface area contributed by atoms with Crippen molar-refractivity contribution in [3.63, 3.8) is 0 Å². The minimum absolute atomic E-state index is 0. The highest BCUT2D eigenvalue weighted by atomic mass is 35.5. The van der Waals surface area contributed by atoms with Gasteiger partial charge in [0.2, 0.25) is 0 Å². The fraction of sp³-hybridized carbons (Fsp3) is 0.857. The van der Waals surface area contributed by atoms with Crippen LogP contribution in [0.3, 0.4) is 0 Å². The first-order chi connectivity index (χ1) is 4.98. The highest BCUT2D eigenvalue weighted by Crippen LogP contribution is 2.70. The van der Waals surface area contributed by atoms with Crippen LogP contribution in [0.15, 0.2) is 0 Å². The zero-order valence-corrected chi connectivity index (χ0v) is 7.23. The molecular formula is C7H11ClFNO2. The van der Waals surface area contributed by atoms with Crippen molar-refractivity contribution in [1.82, 2.24) is 0 Å². The minimum Gasteiger partial charge on any atom is -0.480 e. The summed E-state index contributed by atoms with van der Waals surface area (Å²) in [6, 6.07) is -0.861. The Kier molecular flexibility index (Phi) is 1.89. The highest BCUT2D eigenvalue weighted by molar-refractivity contribution is 5.85. The molecule has 3 aliphatic carbocycles. The van der Waals surface area contributed by atoms with Crippen molar-refractivity contribution in [2.45, 2.75) is 31.0 Å². The summed E-state index contributed by atoms with van der Waals surface area (Å²) in [4.78, 5) is 10.4. The first-order valence-corrected chi connectivity index (χ1v) is 3.65. The van der Waals surface area contributed by atoms with Gasteiger partial charge in [0.15, 0.2) is 0 Å². The van der Waals surface area contributed by atoms with E-state index < -0.39 is 17.7 Å². The second-order valence-corrected chi connectivity index (χ2v) is 3.86. The molecular weight excluding hydrogens is 185 g/mol. The van der Waals surface area contributed by atoms with E-state index in [1.807, 2.05) is 0 Å². The second kappa shape index (κ2) is 2.33. The van der Waals surface area contributed by atoms with Crippen LogP contribution in [-0.2, 0) is 4.79 Å². The molecule has 3 aliphatic rings. The Labute approximate surface area is 75.5 Å². The van der Waals surface area contributed by atoms with Gasteiger partial charge in [0.25, 0.3) is 0 Å². The maximum Gasteiger partial charge on any atom is 0.321 e. The quantitative estimate of drug-likeness (QED) is 0.682. The Balaban J connectivity index is 0.000000720. The molecule has 3 fully saturated rings. The number of carboxylic acid groups (broad SMARTS) is 1. The van der Waals surface area contributed by atoms with Gasteiger partial charge in [0.1, 0.15) is 11.7 Å². The molecule has 3 rings (SSSR count). The maximum absolute atomic E-state index is 12.9. The van der Waals surface area contributed by atoms with Crippen molar-refractivity contribution in [1.29, 1.82) is 0 Å². The number of aliphatic carboxylic acids is 1. The van der Waals surface area contributed by atoms with Gasteiger partial charge < -0.3 is 10.8 Å². The smallest absolute Gasteiger partial charge is 0.321 e. The first kappa shape index (κ1) is 9.74. The Morgan fingerprint density at radius 2 is 1.92 bits per heavy atom. The van der Waals surface area contributed by atoms with E-state index in [9.17, 15) is 9.18 Å². The minimum atomic E-state index is -1.05. The number of halogens is 2. The lowest BCUT2D eigenvalue weighted by Crippen LogP contribution is -2.72. The molecule has 5 heteroatoms. The zero-order chi connectivity index (χ0) is 8.28. The summed E-state index contributed by atoms with van der Waals surface area (Å²) in [5, 5.41) is 8.54. The molecule has 3 saturated carbocycles. The van der Waals surface area contributed by atoms with Crippen LogP contribution >= 0.6 is 12.4 Å². The molecule has 12 heavy (non-hydrogen) atoms. The first-order valence-electron chi connectivity index (χ1n) is 3.65. The molecule has 0 aromatic rings. The van der Waals surface area contributed by atoms with Gasteiger partial charge in [-0.05, 0) is 19.3 Å². The summed E-state index contributed by atoms with van der Waals surface area (Å²) in [6.45, 7) is 0. The molecule has 0 aliphatic heterocycles. The number of nitrogens with two attached hydrogens (primary N) is 1. The van der Waals surface area contributed by atoms with Crippen LogP contribution in [0.4, 0.5) is 4.39 Å². The molecule has 0 saturated heterocycles. The molecule has 0 aromatic heterocycles. The van der Waals surface area contributed by atoms with Gasteiger partial charge in [-0.15, -0.1) is 12.4 Å². The summed E-state index contributed by atoms with van der Waals surface area (Å²) in [7, 11) is 0. The van der Waals surface area contributed by atoms with Crippen LogP contribution in [0.2, 0.25) is 0 Å². The third-order valence-corrected chi connectivity index (χ3v) is 2.93. The molecule has 0 amide bonds. The molecule has 3 N–H and O–H groups in total. The van der Waals surface area contributed by atoms with Crippen LogP contribution in [0.1, 0.15) is 19.3 Å². The van der Waals surface area contributed by atoms with E-state index in [0.717, 1.165) is 0 Å². The van der Waals surface area contributed by atoms with Gasteiger partial charge >= 0.3 is 5.97 Å². The third kappa shape index (κ3) is 0.944. The SMILES string of the molecule is Cl.N[C@@H](C(=O)O)C12CC(F)(C1)C2. The van der Waals surface area contributed by atoms with Crippen molar-refractivity contribution >= 4 is 18.4 Å². The Morgan fingerprint density at radius 3 is 2.17 bits per heavy atom. The summed E-state index contributed by atoms with van der Waals surface area (Å²) in [5.74, 6) is -1.01. The zero-order valence-electron chi connectivity index (χ0n) is 6.42. The normalized spacial score (nSPS) is 44.8. The van der Waals surface area contributed by atoms with E-state index in [-0.39, 0.29) is 17.8 Å². The number of rotatable bonds is 2. The van der Waals surface area contributed by atoms with Gasteiger partial charge in [0.05, 0.1) is 0 Å². The fourth-order valence-electron chi connectivity index (χ4n) is 2.33. The molecule has 0 aromatic carbocycles. The molecule has 3 nitrogen and oxygen atoms in total. The van der Waals surface area contributed by atoms with Crippen molar-refractivity contribution in [2.24, 2.45) is 11.1 Å². The van der Waals surface area contributed by atoms with E-state index in [1.165, 1.54) is 0 Å². The summed E-state index contributed by atoms with van der Waals surface area (Å²) < 4.78 is 12.9. The Bertz CT molecular complexity index is 214. The van der Waals surface area contributed by atoms with Crippen LogP contribution in [0, 0.1) is 5.41 Å². The molecule has 0 radical (unpaired) electrons. The van der Waals surface area contributed by atoms with Gasteiger partial charge in [-0.2, -0.15) is 0 Å². The van der Waals surface area contributed by atoms with Gasteiger partial charge in [-0.1, -0.05) is 0 Å². The van der Waals surface area contributed by atoms with Crippen LogP contribution < -0.4 is 5.73 Å². The lowest BCUT2D eigenvalue weighted by atomic mass is 9.40. The number of alkyl halides is 1. The van der Waals surface area contributed by atoms with E-state index in [2.05, 4.69) is 0 Å². The molecule has 2 bridgehead atoms. The Hall–Kier alpha value is -0.350. The third-order valence-electron chi connectivity index (χ3n) is 2.93. The van der Waals surface area contributed by atoms with Crippen LogP contribution in [0.5, 0.6) is 0 Å². The summed E-state index contributed by atoms with van der Waals surface area (Å²) in [6.07, 6.45) is 1.06. The van der Waals surface area contributed by atoms with Gasteiger partial charge in [0, 0.05) is 5.41 Å². The standard InChI is InChI=1S/C7H10FNO2.ClH/c8-7-1-6(2-7,3-7)4(9)5(10)11;/h4H,1-3,9H2,(H,10,11);1H/t4-,6?,7?;/m0./s1. The maximum atomic E-state index is 12.9. The van der Waals surface area contributed by atoms with Crippen molar-refractivity contribution in [2.75, 3.05) is 0 Å². The molecule has 0 spiro atoms. The fourth-order valence-corrected chi connectivity index (χ4v) is 2.33. The molecule has 1 atom stereocenters. The van der Waals surface area contributed by atoms with E-state index in [4.69, 9.17) is 10.8 Å². The number of carboxylic acids is 1. The summed E-state index contributed by atoms with van der Waals surface area (Å²) in [5.41, 5.74) is 3.95. The number of hydrogen-bond donors (Lipinski definition) is 2. The molecule has 70 valence electrons. The topological polar surface area (TPSA) is 63.3 Å². The second-order valence-electron chi connectivity index (χ2n) is 3.86. The highest BCUT2D eigenvalue weighted by Gasteiger charge is 2.72. The van der Waals surface area contributed by atoms with Crippen LogP contribution in [-0.4, -0.2) is 22.8 Å². The average Bonchev–Trinajstić information content (AvgIpc) is 1.77. The average molecular weight is 196 g/mol. The largest absolute Gasteiger partial charge is 0.480 e. The lowest BCUT2D eigenvalue weighted by Gasteiger charge is -2.67. The molecule has 0 heterocycles. The Morgan fingerprint density at radius 1 is 1.50 bits per heavy atom. The monoisotopic (exact) mass is 195 g/mol.